The van der Waals surface area contributed by atoms with E-state index in [2.05, 4.69) is 46.5 Å². The molecule has 0 saturated carbocycles. The van der Waals surface area contributed by atoms with Crippen molar-refractivity contribution in [3.63, 3.8) is 0 Å². The SMILES string of the molecule is CCOC(C)(C)C(Cc1cc(Br)cs1)NC. The van der Waals surface area contributed by atoms with Gasteiger partial charge in [-0.1, -0.05) is 0 Å². The van der Waals surface area contributed by atoms with Crippen LogP contribution in [-0.2, 0) is 11.2 Å². The molecule has 0 spiro atoms. The van der Waals surface area contributed by atoms with Crippen molar-refractivity contribution in [3.8, 4) is 0 Å². The zero-order chi connectivity index (χ0) is 12.2. The quantitative estimate of drug-likeness (QED) is 0.869. The minimum Gasteiger partial charge on any atom is -0.374 e. The lowest BCUT2D eigenvalue weighted by molar-refractivity contribution is -0.0361. The van der Waals surface area contributed by atoms with Crippen LogP contribution in [-0.4, -0.2) is 25.3 Å². The molecule has 0 radical (unpaired) electrons. The molecule has 1 rings (SSSR count). The highest BCUT2D eigenvalue weighted by atomic mass is 79.9. The zero-order valence-electron chi connectivity index (χ0n) is 10.3. The molecule has 1 atom stereocenters. The zero-order valence-corrected chi connectivity index (χ0v) is 12.7. The van der Waals surface area contributed by atoms with E-state index in [0.29, 0.717) is 6.04 Å². The Balaban J connectivity index is 2.68. The van der Waals surface area contributed by atoms with E-state index in [1.54, 1.807) is 11.3 Å². The molecule has 0 aliphatic heterocycles. The molecule has 16 heavy (non-hydrogen) atoms. The number of ether oxygens (including phenoxy) is 1. The van der Waals surface area contributed by atoms with Gasteiger partial charge in [0.25, 0.3) is 0 Å². The van der Waals surface area contributed by atoms with Crippen LogP contribution in [0.25, 0.3) is 0 Å². The van der Waals surface area contributed by atoms with Crippen LogP contribution in [0.5, 0.6) is 0 Å². The van der Waals surface area contributed by atoms with Crippen LogP contribution in [0.4, 0.5) is 0 Å². The van der Waals surface area contributed by atoms with Gasteiger partial charge < -0.3 is 10.1 Å². The Morgan fingerprint density at radius 3 is 2.69 bits per heavy atom. The molecule has 1 aromatic rings. The maximum Gasteiger partial charge on any atom is 0.0782 e. The van der Waals surface area contributed by atoms with Crippen molar-refractivity contribution in [1.29, 1.82) is 0 Å². The molecule has 0 aliphatic rings. The molecule has 92 valence electrons. The van der Waals surface area contributed by atoms with E-state index in [4.69, 9.17) is 4.74 Å². The highest BCUT2D eigenvalue weighted by molar-refractivity contribution is 9.10. The monoisotopic (exact) mass is 305 g/mol. The molecule has 4 heteroatoms. The fraction of sp³-hybridized carbons (Fsp3) is 0.667. The van der Waals surface area contributed by atoms with Crippen molar-refractivity contribution in [2.75, 3.05) is 13.7 Å². The number of thiophene rings is 1. The Kier molecular flexibility index (Phi) is 5.44. The van der Waals surface area contributed by atoms with Crippen molar-refractivity contribution in [2.24, 2.45) is 0 Å². The lowest BCUT2D eigenvalue weighted by atomic mass is 9.95. The summed E-state index contributed by atoms with van der Waals surface area (Å²) in [6, 6.07) is 2.51. The minimum atomic E-state index is -0.139. The van der Waals surface area contributed by atoms with Gasteiger partial charge in [-0.05, 0) is 56.2 Å². The number of likely N-dealkylation sites (N-methyl/N-ethyl adjacent to an activating group) is 1. The predicted octanol–water partition coefficient (Wildman–Crippen LogP) is 3.46. The predicted molar refractivity (Wildman–Crippen MR) is 74.3 cm³/mol. The molecular weight excluding hydrogens is 286 g/mol. The van der Waals surface area contributed by atoms with Gasteiger partial charge in [0.15, 0.2) is 0 Å². The van der Waals surface area contributed by atoms with Crippen LogP contribution in [0, 0.1) is 0 Å². The Morgan fingerprint density at radius 1 is 1.56 bits per heavy atom. The highest BCUT2D eigenvalue weighted by Gasteiger charge is 2.29. The molecule has 0 bridgehead atoms. The summed E-state index contributed by atoms with van der Waals surface area (Å²) in [6.07, 6.45) is 1.000. The normalized spacial score (nSPS) is 14.1. The van der Waals surface area contributed by atoms with Gasteiger partial charge in [0.05, 0.1) is 5.60 Å². The largest absolute Gasteiger partial charge is 0.374 e. The fourth-order valence-corrected chi connectivity index (χ4v) is 3.33. The van der Waals surface area contributed by atoms with Crippen LogP contribution in [0.3, 0.4) is 0 Å². The average molecular weight is 306 g/mol. The average Bonchev–Trinajstić information content (AvgIpc) is 2.60. The first kappa shape index (κ1) is 14.2. The topological polar surface area (TPSA) is 21.3 Å². The third-order valence-corrected chi connectivity index (χ3v) is 4.45. The van der Waals surface area contributed by atoms with Crippen LogP contribution in [0.15, 0.2) is 15.9 Å². The van der Waals surface area contributed by atoms with E-state index in [1.165, 1.54) is 4.88 Å². The van der Waals surface area contributed by atoms with Crippen molar-refractivity contribution >= 4 is 27.3 Å². The van der Waals surface area contributed by atoms with Crippen LogP contribution >= 0.6 is 27.3 Å². The Labute approximate surface area is 111 Å². The first-order valence-electron chi connectivity index (χ1n) is 5.53. The highest BCUT2D eigenvalue weighted by Crippen LogP contribution is 2.24. The second kappa shape index (κ2) is 6.15. The Morgan fingerprint density at radius 2 is 2.25 bits per heavy atom. The van der Waals surface area contributed by atoms with Gasteiger partial charge in [-0.2, -0.15) is 0 Å². The van der Waals surface area contributed by atoms with Gasteiger partial charge in [-0.25, -0.2) is 0 Å². The number of hydrogen-bond donors (Lipinski definition) is 1. The molecule has 0 amide bonds. The van der Waals surface area contributed by atoms with Crippen LogP contribution in [0.2, 0.25) is 0 Å². The Hall–Kier alpha value is 0.1000. The van der Waals surface area contributed by atoms with Crippen LogP contribution in [0.1, 0.15) is 25.6 Å². The summed E-state index contributed by atoms with van der Waals surface area (Å²) in [5, 5.41) is 5.47. The van der Waals surface area contributed by atoms with E-state index in [0.717, 1.165) is 17.5 Å². The summed E-state index contributed by atoms with van der Waals surface area (Å²) in [5.74, 6) is 0. The van der Waals surface area contributed by atoms with Crippen molar-refractivity contribution < 1.29 is 4.74 Å². The lowest BCUT2D eigenvalue weighted by Crippen LogP contribution is -2.48. The molecule has 1 aromatic heterocycles. The minimum absolute atomic E-state index is 0.139. The van der Waals surface area contributed by atoms with Gasteiger partial charge in [0.1, 0.15) is 0 Å². The van der Waals surface area contributed by atoms with Gasteiger partial charge >= 0.3 is 0 Å². The van der Waals surface area contributed by atoms with Gasteiger partial charge in [0.2, 0.25) is 0 Å². The lowest BCUT2D eigenvalue weighted by Gasteiger charge is -2.33. The van der Waals surface area contributed by atoms with E-state index >= 15 is 0 Å². The second-order valence-electron chi connectivity index (χ2n) is 4.31. The molecule has 2 nitrogen and oxygen atoms in total. The molecule has 1 N–H and O–H groups in total. The summed E-state index contributed by atoms with van der Waals surface area (Å²) in [5.41, 5.74) is -0.139. The van der Waals surface area contributed by atoms with Crippen LogP contribution < -0.4 is 5.32 Å². The smallest absolute Gasteiger partial charge is 0.0782 e. The summed E-state index contributed by atoms with van der Waals surface area (Å²) >= 11 is 5.27. The molecule has 1 unspecified atom stereocenters. The first-order chi connectivity index (χ1) is 7.49. The molecule has 0 saturated heterocycles. The van der Waals surface area contributed by atoms with E-state index < -0.39 is 0 Å². The maximum absolute atomic E-state index is 5.79. The number of nitrogens with one attached hydrogen (secondary N) is 1. The Bertz CT molecular complexity index is 325. The van der Waals surface area contributed by atoms with Crippen molar-refractivity contribution in [3.05, 3.63) is 20.8 Å². The molecule has 0 fully saturated rings. The third kappa shape index (κ3) is 3.84. The van der Waals surface area contributed by atoms with Gasteiger partial charge in [0, 0.05) is 27.4 Å². The number of rotatable bonds is 6. The molecule has 1 heterocycles. The van der Waals surface area contributed by atoms with E-state index in [1.807, 2.05) is 14.0 Å². The van der Waals surface area contributed by atoms with Crippen molar-refractivity contribution in [2.45, 2.75) is 38.8 Å². The maximum atomic E-state index is 5.79. The number of halogens is 1. The first-order valence-corrected chi connectivity index (χ1v) is 7.21. The molecule has 0 aliphatic carbocycles. The van der Waals surface area contributed by atoms with Gasteiger partial charge in [-0.3, -0.25) is 0 Å². The summed E-state index contributed by atoms with van der Waals surface area (Å²) in [7, 11) is 1.99. The fourth-order valence-electron chi connectivity index (χ4n) is 1.83. The summed E-state index contributed by atoms with van der Waals surface area (Å²) < 4.78 is 6.96. The summed E-state index contributed by atoms with van der Waals surface area (Å²) in [4.78, 5) is 1.37. The molecular formula is C12H20BrNOS. The molecule has 0 aromatic carbocycles. The second-order valence-corrected chi connectivity index (χ2v) is 6.22. The van der Waals surface area contributed by atoms with Gasteiger partial charge in [-0.15, -0.1) is 11.3 Å². The third-order valence-electron chi connectivity index (χ3n) is 2.73. The standard InChI is InChI=1S/C12H20BrNOS/c1-5-15-12(2,3)11(14-4)7-10-6-9(13)8-16-10/h6,8,11,14H,5,7H2,1-4H3. The number of hydrogen-bond acceptors (Lipinski definition) is 3. The van der Waals surface area contributed by atoms with E-state index in [9.17, 15) is 0 Å². The van der Waals surface area contributed by atoms with E-state index in [-0.39, 0.29) is 5.60 Å². The van der Waals surface area contributed by atoms with Crippen molar-refractivity contribution in [1.82, 2.24) is 5.32 Å². The summed E-state index contributed by atoms with van der Waals surface area (Å²) in [6.45, 7) is 7.07.